The Morgan fingerprint density at radius 2 is 1.88 bits per heavy atom. The normalized spacial score (nSPS) is 18.2. The number of thiophene rings is 2. The Morgan fingerprint density at radius 3 is 2.45 bits per heavy atom. The highest BCUT2D eigenvalue weighted by Gasteiger charge is 2.47. The molecule has 1 atom stereocenters. The third-order valence-electron chi connectivity index (χ3n) is 5.88. The Balaban J connectivity index is 1.89. The Bertz CT molecular complexity index is 1230. The second kappa shape index (κ2) is 8.80. The van der Waals surface area contributed by atoms with Gasteiger partial charge < -0.3 is 14.7 Å². The van der Waals surface area contributed by atoms with Gasteiger partial charge in [0.1, 0.15) is 17.6 Å². The molecule has 1 amide bonds. The van der Waals surface area contributed by atoms with E-state index in [0.29, 0.717) is 17.9 Å². The van der Waals surface area contributed by atoms with Crippen molar-refractivity contribution in [2.45, 2.75) is 45.7 Å². The van der Waals surface area contributed by atoms with E-state index >= 15 is 0 Å². The van der Waals surface area contributed by atoms with Crippen molar-refractivity contribution in [3.8, 4) is 5.75 Å². The van der Waals surface area contributed by atoms with Crippen molar-refractivity contribution < 1.29 is 19.4 Å². The largest absolute Gasteiger partial charge is 0.507 e. The molecule has 4 rings (SSSR count). The number of carbonyl (C=O) groups excluding carboxylic acids is 2. The number of ether oxygens (including phenoxy) is 1. The average Bonchev–Trinajstić information content (AvgIpc) is 3.49. The summed E-state index contributed by atoms with van der Waals surface area (Å²) < 4.78 is 5.52. The van der Waals surface area contributed by atoms with Crippen molar-refractivity contribution in [1.29, 1.82) is 0 Å². The summed E-state index contributed by atoms with van der Waals surface area (Å²) in [5.74, 6) is -0.696. The molecular weight excluding hydrogens is 454 g/mol. The van der Waals surface area contributed by atoms with Crippen molar-refractivity contribution in [1.82, 2.24) is 4.90 Å². The number of aliphatic hydroxyl groups is 1. The zero-order valence-electron chi connectivity index (χ0n) is 19.3. The molecule has 5 nitrogen and oxygen atoms in total. The lowest BCUT2D eigenvalue weighted by atomic mass is 9.84. The van der Waals surface area contributed by atoms with Gasteiger partial charge in [0.25, 0.3) is 11.7 Å². The first-order valence-electron chi connectivity index (χ1n) is 10.7. The zero-order valence-corrected chi connectivity index (χ0v) is 21.0. The fraction of sp³-hybridized carbons (Fsp3) is 0.308. The second-order valence-electron chi connectivity index (χ2n) is 9.14. The van der Waals surface area contributed by atoms with Gasteiger partial charge in [-0.2, -0.15) is 0 Å². The van der Waals surface area contributed by atoms with Crippen LogP contribution in [-0.4, -0.2) is 28.8 Å². The minimum absolute atomic E-state index is 0.132. The third kappa shape index (κ3) is 4.23. The molecule has 1 N–H and O–H groups in total. The van der Waals surface area contributed by atoms with E-state index in [9.17, 15) is 14.7 Å². The minimum Gasteiger partial charge on any atom is -0.507 e. The van der Waals surface area contributed by atoms with E-state index in [4.69, 9.17) is 4.74 Å². The van der Waals surface area contributed by atoms with Crippen molar-refractivity contribution in [3.05, 3.63) is 79.2 Å². The summed E-state index contributed by atoms with van der Waals surface area (Å²) in [6.45, 7) is 8.45. The number of likely N-dealkylation sites (tertiary alicyclic amines) is 1. The van der Waals surface area contributed by atoms with Crippen LogP contribution in [-0.2, 0) is 21.5 Å². The predicted molar refractivity (Wildman–Crippen MR) is 133 cm³/mol. The summed E-state index contributed by atoms with van der Waals surface area (Å²) in [5.41, 5.74) is 2.28. The lowest BCUT2D eigenvalue weighted by Gasteiger charge is -2.25. The molecule has 7 heteroatoms. The van der Waals surface area contributed by atoms with Gasteiger partial charge in [0.15, 0.2) is 0 Å². The fourth-order valence-corrected chi connectivity index (χ4v) is 5.90. The molecule has 1 aromatic carbocycles. The van der Waals surface area contributed by atoms with Crippen molar-refractivity contribution in [2.24, 2.45) is 0 Å². The smallest absolute Gasteiger partial charge is 0.296 e. The lowest BCUT2D eigenvalue weighted by Crippen LogP contribution is -2.28. The molecule has 1 saturated heterocycles. The van der Waals surface area contributed by atoms with Gasteiger partial charge >= 0.3 is 0 Å². The highest BCUT2D eigenvalue weighted by Crippen LogP contribution is 2.44. The van der Waals surface area contributed by atoms with E-state index in [0.717, 1.165) is 20.9 Å². The molecule has 1 unspecified atom stereocenters. The number of hydrogen-bond donors (Lipinski definition) is 1. The Morgan fingerprint density at radius 1 is 1.12 bits per heavy atom. The van der Waals surface area contributed by atoms with Crippen molar-refractivity contribution in [2.75, 3.05) is 7.11 Å². The van der Waals surface area contributed by atoms with E-state index in [1.807, 2.05) is 41.9 Å². The summed E-state index contributed by atoms with van der Waals surface area (Å²) >= 11 is 3.03. The van der Waals surface area contributed by atoms with Gasteiger partial charge in [-0.15, -0.1) is 22.7 Å². The summed E-state index contributed by atoms with van der Waals surface area (Å²) in [5, 5.41) is 15.3. The van der Waals surface area contributed by atoms with Crippen LogP contribution in [0.3, 0.4) is 0 Å². The summed E-state index contributed by atoms with van der Waals surface area (Å²) in [6, 6.07) is 10.6. The molecule has 0 radical (unpaired) electrons. The van der Waals surface area contributed by atoms with Gasteiger partial charge in [0.05, 0.1) is 19.2 Å². The van der Waals surface area contributed by atoms with E-state index in [1.165, 1.54) is 22.7 Å². The average molecular weight is 482 g/mol. The highest BCUT2D eigenvalue weighted by atomic mass is 32.1. The van der Waals surface area contributed by atoms with Gasteiger partial charge in [0.2, 0.25) is 0 Å². The van der Waals surface area contributed by atoms with Gasteiger partial charge in [-0.1, -0.05) is 26.8 Å². The third-order valence-corrected chi connectivity index (χ3v) is 7.81. The van der Waals surface area contributed by atoms with Crippen LogP contribution in [0.4, 0.5) is 0 Å². The molecule has 3 heterocycles. The number of rotatable bonds is 5. The molecule has 1 fully saturated rings. The van der Waals surface area contributed by atoms with E-state index in [2.05, 4.69) is 20.8 Å². The maximum Gasteiger partial charge on any atom is 0.296 e. The predicted octanol–water partition coefficient (Wildman–Crippen LogP) is 6.05. The maximum atomic E-state index is 13.3. The topological polar surface area (TPSA) is 66.8 Å². The Labute approximate surface area is 202 Å². The number of amides is 1. The van der Waals surface area contributed by atoms with Gasteiger partial charge in [0, 0.05) is 20.9 Å². The van der Waals surface area contributed by atoms with Crippen LogP contribution in [0.5, 0.6) is 5.75 Å². The number of hydrogen-bond acceptors (Lipinski definition) is 6. The van der Waals surface area contributed by atoms with Crippen LogP contribution < -0.4 is 4.74 Å². The number of Topliss-reactive ketones (excluding diaryl/α,β-unsaturated/α-hetero) is 1. The number of aryl methyl sites for hydroxylation is 1. The van der Waals surface area contributed by atoms with Crippen LogP contribution >= 0.6 is 22.7 Å². The molecule has 0 saturated carbocycles. The Kier molecular flexibility index (Phi) is 6.20. The first-order valence-corrected chi connectivity index (χ1v) is 12.4. The van der Waals surface area contributed by atoms with Crippen molar-refractivity contribution >= 4 is 40.1 Å². The number of carbonyl (C=O) groups is 2. The van der Waals surface area contributed by atoms with Gasteiger partial charge in [-0.25, -0.2) is 0 Å². The number of ketones is 1. The quantitative estimate of drug-likeness (QED) is 0.274. The van der Waals surface area contributed by atoms with Crippen LogP contribution in [0.2, 0.25) is 0 Å². The van der Waals surface area contributed by atoms with Gasteiger partial charge in [-0.3, -0.25) is 9.59 Å². The zero-order chi connectivity index (χ0) is 23.9. The van der Waals surface area contributed by atoms with Crippen LogP contribution in [0.1, 0.15) is 53.3 Å². The molecule has 2 aromatic heterocycles. The summed E-state index contributed by atoms with van der Waals surface area (Å²) in [6.07, 6.45) is 0. The summed E-state index contributed by atoms with van der Waals surface area (Å²) in [7, 11) is 1.61. The van der Waals surface area contributed by atoms with Gasteiger partial charge in [-0.05, 0) is 59.0 Å². The molecule has 33 heavy (non-hydrogen) atoms. The van der Waals surface area contributed by atoms with Crippen LogP contribution in [0.25, 0.3) is 5.76 Å². The number of methoxy groups -OCH3 is 1. The molecule has 0 aliphatic carbocycles. The number of benzene rings is 1. The van der Waals surface area contributed by atoms with E-state index < -0.39 is 17.7 Å². The van der Waals surface area contributed by atoms with Crippen molar-refractivity contribution in [3.63, 3.8) is 0 Å². The molecule has 172 valence electrons. The Hall–Kier alpha value is -2.90. The number of nitrogens with zero attached hydrogens (tertiary/aromatic N) is 1. The second-order valence-corrected chi connectivity index (χ2v) is 11.1. The van der Waals surface area contributed by atoms with Crippen LogP contribution in [0.15, 0.2) is 52.7 Å². The first-order chi connectivity index (χ1) is 15.6. The molecule has 1 aliphatic heterocycles. The first kappa shape index (κ1) is 23.3. The molecule has 0 spiro atoms. The minimum atomic E-state index is -0.657. The maximum absolute atomic E-state index is 13.3. The SMILES string of the molecule is COc1ccc(/C(O)=C2/C(=O)C(=O)N(Cc3cccs3)C2c2sccc2C)cc1C(C)(C)C. The highest BCUT2D eigenvalue weighted by molar-refractivity contribution is 7.10. The number of aliphatic hydroxyl groups excluding tert-OH is 1. The monoisotopic (exact) mass is 481 g/mol. The molecule has 1 aliphatic rings. The molecular formula is C26H27NO4S2. The molecule has 3 aromatic rings. The van der Waals surface area contributed by atoms with E-state index in [1.54, 1.807) is 24.1 Å². The summed E-state index contributed by atoms with van der Waals surface area (Å²) in [4.78, 5) is 29.8. The van der Waals surface area contributed by atoms with Crippen LogP contribution in [0, 0.1) is 6.92 Å². The lowest BCUT2D eigenvalue weighted by molar-refractivity contribution is -0.140. The van der Waals surface area contributed by atoms with E-state index in [-0.39, 0.29) is 16.7 Å². The fourth-order valence-electron chi connectivity index (χ4n) is 4.15. The molecule has 0 bridgehead atoms. The standard InChI is InChI=1S/C26H27NO4S2/c1-15-10-12-33-24(15)21-20(23(29)25(30)27(21)14-17-7-6-11-32-17)22(28)16-8-9-19(31-5)18(13-16)26(2,3)4/h6-13,21,28H,14H2,1-5H3/b22-20-.